The van der Waals surface area contributed by atoms with Crippen LogP contribution in [0.2, 0.25) is 0 Å². The minimum Gasteiger partial charge on any atom is -0.496 e. The molecule has 0 saturated carbocycles. The first-order chi connectivity index (χ1) is 9.08. The normalized spacial score (nSPS) is 10.3. The summed E-state index contributed by atoms with van der Waals surface area (Å²) in [6.07, 6.45) is 0. The Balaban J connectivity index is 2.64. The molecule has 0 radical (unpaired) electrons. The molecule has 7 heteroatoms. The number of carbonyl (C=O) groups is 1. The van der Waals surface area contributed by atoms with Crippen LogP contribution in [0.4, 0.5) is 4.39 Å². The molecule has 2 rings (SSSR count). The third-order valence-corrected chi connectivity index (χ3v) is 2.56. The summed E-state index contributed by atoms with van der Waals surface area (Å²) in [6.45, 7) is 0. The van der Waals surface area contributed by atoms with Crippen LogP contribution in [0.3, 0.4) is 0 Å². The molecular formula is C12H11FN2O4. The van der Waals surface area contributed by atoms with Gasteiger partial charge in [-0.05, 0) is 18.2 Å². The fraction of sp³-hybridized carbons (Fsp3) is 0.167. The number of carboxylic acid groups (broad SMARTS) is 1. The molecule has 2 N–H and O–H groups in total. The van der Waals surface area contributed by atoms with Crippen molar-refractivity contribution in [1.82, 2.24) is 10.2 Å². The zero-order valence-corrected chi connectivity index (χ0v) is 10.2. The fourth-order valence-electron chi connectivity index (χ4n) is 1.71. The van der Waals surface area contributed by atoms with Crippen molar-refractivity contribution >= 4 is 5.97 Å². The molecule has 0 aliphatic heterocycles. The summed E-state index contributed by atoms with van der Waals surface area (Å²) in [4.78, 5) is 10.8. The van der Waals surface area contributed by atoms with Gasteiger partial charge in [-0.2, -0.15) is 5.10 Å². The molecule has 0 bridgehead atoms. The van der Waals surface area contributed by atoms with Crippen molar-refractivity contribution < 1.29 is 23.8 Å². The lowest BCUT2D eigenvalue weighted by Gasteiger charge is -2.11. The average Bonchev–Trinajstić information content (AvgIpc) is 2.87. The van der Waals surface area contributed by atoms with Gasteiger partial charge in [0.25, 0.3) is 0 Å². The summed E-state index contributed by atoms with van der Waals surface area (Å²) in [5, 5.41) is 15.0. The van der Waals surface area contributed by atoms with Gasteiger partial charge >= 0.3 is 5.97 Å². The number of nitrogens with zero attached hydrogens (tertiary/aromatic N) is 1. The van der Waals surface area contributed by atoms with E-state index >= 15 is 0 Å². The maximum atomic E-state index is 13.7. The van der Waals surface area contributed by atoms with Crippen molar-refractivity contribution in [3.63, 3.8) is 0 Å². The lowest BCUT2D eigenvalue weighted by atomic mass is 10.1. The van der Waals surface area contributed by atoms with E-state index in [1.165, 1.54) is 32.4 Å². The molecule has 0 unspecified atom stereocenters. The Kier molecular flexibility index (Phi) is 3.37. The number of carboxylic acids is 1. The Hall–Kier alpha value is -2.57. The summed E-state index contributed by atoms with van der Waals surface area (Å²) in [6, 6.07) is 3.90. The van der Waals surface area contributed by atoms with Gasteiger partial charge in [0, 0.05) is 0 Å². The van der Waals surface area contributed by atoms with Crippen LogP contribution in [0.25, 0.3) is 11.3 Å². The number of aromatic carboxylic acids is 1. The molecule has 0 aliphatic carbocycles. The highest BCUT2D eigenvalue weighted by atomic mass is 19.1. The molecule has 0 atom stereocenters. The van der Waals surface area contributed by atoms with Crippen molar-refractivity contribution in [1.29, 1.82) is 0 Å². The summed E-state index contributed by atoms with van der Waals surface area (Å²) < 4.78 is 23.8. The van der Waals surface area contributed by atoms with E-state index < -0.39 is 11.8 Å². The quantitative estimate of drug-likeness (QED) is 0.883. The number of halogens is 1. The number of ether oxygens (including phenoxy) is 2. The number of aromatic amines is 1. The van der Waals surface area contributed by atoms with Crippen LogP contribution >= 0.6 is 0 Å². The highest BCUT2D eigenvalue weighted by molar-refractivity contribution is 5.88. The van der Waals surface area contributed by atoms with Gasteiger partial charge in [-0.3, -0.25) is 5.10 Å². The summed E-state index contributed by atoms with van der Waals surface area (Å²) in [5.41, 5.74) is 0.378. The minimum atomic E-state index is -1.16. The predicted octanol–water partition coefficient (Wildman–Crippen LogP) is 1.93. The van der Waals surface area contributed by atoms with Crippen molar-refractivity contribution in [3.05, 3.63) is 29.7 Å². The second-order valence-electron chi connectivity index (χ2n) is 3.63. The average molecular weight is 266 g/mol. The molecule has 0 spiro atoms. The molecular weight excluding hydrogens is 255 g/mol. The predicted molar refractivity (Wildman–Crippen MR) is 64.0 cm³/mol. The van der Waals surface area contributed by atoms with Crippen LogP contribution in [0.1, 0.15) is 10.5 Å². The van der Waals surface area contributed by atoms with E-state index in [0.29, 0.717) is 5.75 Å². The third kappa shape index (κ3) is 2.22. The molecule has 6 nitrogen and oxygen atoms in total. The number of H-pyrrole nitrogens is 1. The number of benzene rings is 1. The zero-order valence-electron chi connectivity index (χ0n) is 10.2. The third-order valence-electron chi connectivity index (χ3n) is 2.56. The van der Waals surface area contributed by atoms with E-state index in [-0.39, 0.29) is 22.7 Å². The number of hydrogen-bond donors (Lipinski definition) is 2. The first-order valence-corrected chi connectivity index (χ1v) is 5.28. The summed E-state index contributed by atoms with van der Waals surface area (Å²) in [7, 11) is 2.73. The Labute approximate surface area is 107 Å². The van der Waals surface area contributed by atoms with Crippen LogP contribution in [0.15, 0.2) is 18.2 Å². The van der Waals surface area contributed by atoms with E-state index in [1.807, 2.05) is 0 Å². The fourth-order valence-corrected chi connectivity index (χ4v) is 1.71. The van der Waals surface area contributed by atoms with E-state index in [1.54, 1.807) is 0 Å². The first-order valence-electron chi connectivity index (χ1n) is 5.28. The Morgan fingerprint density at radius 3 is 2.63 bits per heavy atom. The van der Waals surface area contributed by atoms with Gasteiger partial charge in [0.05, 0.1) is 19.8 Å². The van der Waals surface area contributed by atoms with Crippen LogP contribution < -0.4 is 9.47 Å². The maximum absolute atomic E-state index is 13.7. The molecule has 1 heterocycles. The number of methoxy groups -OCH3 is 2. The van der Waals surface area contributed by atoms with Gasteiger partial charge < -0.3 is 14.6 Å². The Morgan fingerprint density at radius 1 is 1.37 bits per heavy atom. The number of hydrogen-bond acceptors (Lipinski definition) is 4. The largest absolute Gasteiger partial charge is 0.496 e. The van der Waals surface area contributed by atoms with Crippen molar-refractivity contribution in [2.45, 2.75) is 0 Å². The number of nitrogens with one attached hydrogen (secondary N) is 1. The van der Waals surface area contributed by atoms with Crippen LogP contribution in [-0.4, -0.2) is 35.5 Å². The summed E-state index contributed by atoms with van der Waals surface area (Å²) in [5.74, 6) is -1.46. The van der Waals surface area contributed by atoms with Crippen LogP contribution in [0, 0.1) is 5.82 Å². The van der Waals surface area contributed by atoms with E-state index in [2.05, 4.69) is 10.2 Å². The number of aromatic nitrogens is 2. The van der Waals surface area contributed by atoms with Gasteiger partial charge in [-0.25, -0.2) is 9.18 Å². The van der Waals surface area contributed by atoms with Gasteiger partial charge in [0.1, 0.15) is 17.1 Å². The van der Waals surface area contributed by atoms with Crippen LogP contribution in [0.5, 0.6) is 11.5 Å². The van der Waals surface area contributed by atoms with Gasteiger partial charge in [-0.1, -0.05) is 0 Å². The molecule has 100 valence electrons. The highest BCUT2D eigenvalue weighted by Gasteiger charge is 2.20. The molecule has 0 saturated heterocycles. The smallest absolute Gasteiger partial charge is 0.353 e. The molecule has 19 heavy (non-hydrogen) atoms. The van der Waals surface area contributed by atoms with Gasteiger partial charge in [-0.15, -0.1) is 0 Å². The Bertz CT molecular complexity index is 624. The van der Waals surface area contributed by atoms with Crippen molar-refractivity contribution in [2.75, 3.05) is 14.2 Å². The van der Waals surface area contributed by atoms with E-state index in [0.717, 1.165) is 0 Å². The SMILES string of the molecule is COc1ccc(F)c(OC)c1-c1cc(C(=O)O)[nH]n1. The van der Waals surface area contributed by atoms with E-state index in [4.69, 9.17) is 14.6 Å². The van der Waals surface area contributed by atoms with Gasteiger partial charge in [0.2, 0.25) is 0 Å². The highest BCUT2D eigenvalue weighted by Crippen LogP contribution is 2.39. The molecule has 1 aromatic carbocycles. The lowest BCUT2D eigenvalue weighted by Crippen LogP contribution is -1.96. The first kappa shape index (κ1) is 12.9. The van der Waals surface area contributed by atoms with Crippen LogP contribution in [-0.2, 0) is 0 Å². The number of rotatable bonds is 4. The second kappa shape index (κ2) is 4.97. The second-order valence-corrected chi connectivity index (χ2v) is 3.63. The summed E-state index contributed by atoms with van der Waals surface area (Å²) >= 11 is 0. The van der Waals surface area contributed by atoms with Gasteiger partial charge in [0.15, 0.2) is 11.6 Å². The molecule has 2 aromatic rings. The van der Waals surface area contributed by atoms with Crippen molar-refractivity contribution in [2.24, 2.45) is 0 Å². The molecule has 0 amide bonds. The van der Waals surface area contributed by atoms with Crippen molar-refractivity contribution in [3.8, 4) is 22.8 Å². The van der Waals surface area contributed by atoms with E-state index in [9.17, 15) is 9.18 Å². The topological polar surface area (TPSA) is 84.4 Å². The zero-order chi connectivity index (χ0) is 14.0. The molecule has 1 aromatic heterocycles. The molecule has 0 aliphatic rings. The Morgan fingerprint density at radius 2 is 2.11 bits per heavy atom. The monoisotopic (exact) mass is 266 g/mol. The standard InChI is InChI=1S/C12H11FN2O4/c1-18-9-4-3-6(13)11(19-2)10(9)7-5-8(12(16)17)15-14-7/h3-5H,1-2H3,(H,14,15)(H,16,17). The molecule has 0 fully saturated rings. The maximum Gasteiger partial charge on any atom is 0.353 e. The lowest BCUT2D eigenvalue weighted by molar-refractivity contribution is 0.0690. The minimum absolute atomic E-state index is 0.0530.